The fraction of sp³-hybridized carbons (Fsp3) is 0.111. The highest BCUT2D eigenvalue weighted by atomic mass is 79.9. The highest BCUT2D eigenvalue weighted by Gasteiger charge is 2.07. The number of benzene rings is 1. The molecule has 4 heteroatoms. The zero-order valence-corrected chi connectivity index (χ0v) is 10.2. The Morgan fingerprint density at radius 2 is 2.23 bits per heavy atom. The van der Waals surface area contributed by atoms with Gasteiger partial charge in [-0.1, -0.05) is 6.07 Å². The van der Waals surface area contributed by atoms with Gasteiger partial charge in [-0.05, 0) is 28.3 Å². The Kier molecular flexibility index (Phi) is 2.53. The molecule has 1 aromatic carbocycles. The lowest BCUT2D eigenvalue weighted by molar-refractivity contribution is 1.48. The van der Waals surface area contributed by atoms with E-state index in [1.807, 2.05) is 5.38 Å². The van der Waals surface area contributed by atoms with Gasteiger partial charge in [-0.15, -0.1) is 23.1 Å². The number of nitrogens with two attached hydrogens (primary N) is 1. The summed E-state index contributed by atoms with van der Waals surface area (Å²) < 4.78 is 2.41. The van der Waals surface area contributed by atoms with Crippen LogP contribution in [0.15, 0.2) is 26.9 Å². The Morgan fingerprint density at radius 1 is 1.46 bits per heavy atom. The molecule has 1 nitrogen and oxygen atoms in total. The maximum atomic E-state index is 5.82. The average Bonchev–Trinajstić information content (AvgIpc) is 2.50. The molecule has 13 heavy (non-hydrogen) atoms. The van der Waals surface area contributed by atoms with Gasteiger partial charge in [0.2, 0.25) is 0 Å². The third kappa shape index (κ3) is 1.47. The molecule has 0 aliphatic heterocycles. The highest BCUT2D eigenvalue weighted by molar-refractivity contribution is 9.10. The smallest absolute Gasteiger partial charge is 0.0517 e. The van der Waals surface area contributed by atoms with Gasteiger partial charge >= 0.3 is 0 Å². The van der Waals surface area contributed by atoms with Crippen molar-refractivity contribution >= 4 is 54.8 Å². The second-order valence-corrected chi connectivity index (χ2v) is 5.17. The highest BCUT2D eigenvalue weighted by Crippen LogP contribution is 2.38. The van der Waals surface area contributed by atoms with Crippen molar-refractivity contribution in [3.63, 3.8) is 0 Å². The molecule has 2 rings (SSSR count). The predicted octanol–water partition coefficient (Wildman–Crippen LogP) is 3.97. The second kappa shape index (κ2) is 3.52. The molecule has 0 amide bonds. The molecule has 0 bridgehead atoms. The van der Waals surface area contributed by atoms with Crippen LogP contribution in [0.25, 0.3) is 10.1 Å². The fourth-order valence-corrected chi connectivity index (χ4v) is 3.78. The number of thioether (sulfide) groups is 1. The quantitative estimate of drug-likeness (QED) is 0.796. The van der Waals surface area contributed by atoms with Crippen LogP contribution in [-0.4, -0.2) is 6.26 Å². The van der Waals surface area contributed by atoms with Crippen molar-refractivity contribution < 1.29 is 0 Å². The first-order valence-corrected chi connectivity index (χ1v) is 6.63. The minimum atomic E-state index is 0.869. The van der Waals surface area contributed by atoms with Crippen LogP contribution < -0.4 is 5.73 Å². The van der Waals surface area contributed by atoms with Gasteiger partial charge in [-0.3, -0.25) is 0 Å². The molecule has 0 spiro atoms. The lowest BCUT2D eigenvalue weighted by Crippen LogP contribution is -1.80. The van der Waals surface area contributed by atoms with Crippen LogP contribution >= 0.6 is 39.0 Å². The number of fused-ring (bicyclic) bond motifs is 1. The van der Waals surface area contributed by atoms with Gasteiger partial charge in [0.1, 0.15) is 0 Å². The van der Waals surface area contributed by atoms with Crippen LogP contribution in [0.5, 0.6) is 0 Å². The van der Waals surface area contributed by atoms with Gasteiger partial charge in [0.25, 0.3) is 0 Å². The Labute approximate surface area is 93.4 Å². The lowest BCUT2D eigenvalue weighted by atomic mass is 10.2. The first kappa shape index (κ1) is 9.37. The summed E-state index contributed by atoms with van der Waals surface area (Å²) in [6.45, 7) is 0. The second-order valence-electron chi connectivity index (χ2n) is 2.65. The van der Waals surface area contributed by atoms with Crippen LogP contribution in [0.4, 0.5) is 5.69 Å². The Hall–Kier alpha value is -0.190. The zero-order valence-electron chi connectivity index (χ0n) is 7.00. The summed E-state index contributed by atoms with van der Waals surface area (Å²) in [5, 5.41) is 3.13. The van der Waals surface area contributed by atoms with E-state index in [9.17, 15) is 0 Å². The Morgan fingerprint density at radius 3 is 2.92 bits per heavy atom. The molecule has 0 aliphatic carbocycles. The molecule has 68 valence electrons. The third-order valence-corrected chi connectivity index (χ3v) is 5.06. The van der Waals surface area contributed by atoms with E-state index in [1.165, 1.54) is 14.1 Å². The molecule has 0 saturated carbocycles. The Bertz CT molecular complexity index is 450. The minimum Gasteiger partial charge on any atom is -0.398 e. The van der Waals surface area contributed by atoms with Crippen molar-refractivity contribution in [1.82, 2.24) is 0 Å². The maximum Gasteiger partial charge on any atom is 0.0517 e. The summed E-state index contributed by atoms with van der Waals surface area (Å²) in [7, 11) is 0. The van der Waals surface area contributed by atoms with Crippen molar-refractivity contribution in [2.24, 2.45) is 0 Å². The van der Waals surface area contributed by atoms with E-state index >= 15 is 0 Å². The van der Waals surface area contributed by atoms with Crippen molar-refractivity contribution in [3.8, 4) is 0 Å². The van der Waals surface area contributed by atoms with Crippen LogP contribution in [0.3, 0.4) is 0 Å². The predicted molar refractivity (Wildman–Crippen MR) is 65.7 cm³/mol. The van der Waals surface area contributed by atoms with E-state index in [-0.39, 0.29) is 0 Å². The van der Waals surface area contributed by atoms with Gasteiger partial charge in [-0.2, -0.15) is 0 Å². The molecule has 1 aromatic heterocycles. The SMILES string of the molecule is CSc1ccc2c(N)csc2c1Br. The monoisotopic (exact) mass is 273 g/mol. The summed E-state index contributed by atoms with van der Waals surface area (Å²) in [4.78, 5) is 1.26. The van der Waals surface area contributed by atoms with Gasteiger partial charge in [0, 0.05) is 20.1 Å². The summed E-state index contributed by atoms with van der Waals surface area (Å²) >= 11 is 7.01. The standard InChI is InChI=1S/C9H8BrNS2/c1-12-7-3-2-5-6(11)4-13-9(5)8(7)10/h2-4H,11H2,1H3. The van der Waals surface area contributed by atoms with Crippen LogP contribution in [-0.2, 0) is 0 Å². The van der Waals surface area contributed by atoms with Gasteiger partial charge in [0.05, 0.1) is 10.4 Å². The molecular formula is C9H8BrNS2. The topological polar surface area (TPSA) is 26.0 Å². The number of rotatable bonds is 1. The normalized spacial score (nSPS) is 10.9. The summed E-state index contributed by atoms with van der Waals surface area (Å²) in [6, 6.07) is 4.18. The van der Waals surface area contributed by atoms with Crippen LogP contribution in [0.2, 0.25) is 0 Å². The third-order valence-electron chi connectivity index (χ3n) is 1.90. The molecular weight excluding hydrogens is 266 g/mol. The molecule has 0 radical (unpaired) electrons. The molecule has 0 fully saturated rings. The number of hydrogen-bond acceptors (Lipinski definition) is 3. The summed E-state index contributed by atoms with van der Waals surface area (Å²) in [6.07, 6.45) is 2.07. The molecule has 2 N–H and O–H groups in total. The van der Waals surface area contributed by atoms with E-state index in [0.29, 0.717) is 0 Å². The number of nitrogen functional groups attached to an aromatic ring is 1. The maximum absolute atomic E-state index is 5.82. The van der Waals surface area contributed by atoms with E-state index < -0.39 is 0 Å². The zero-order chi connectivity index (χ0) is 9.42. The summed E-state index contributed by atoms with van der Waals surface area (Å²) in [5.74, 6) is 0. The fourth-order valence-electron chi connectivity index (χ4n) is 1.22. The largest absolute Gasteiger partial charge is 0.398 e. The summed E-state index contributed by atoms with van der Waals surface area (Å²) in [5.41, 5.74) is 6.69. The first-order valence-electron chi connectivity index (χ1n) is 3.73. The number of thiophene rings is 1. The van der Waals surface area contributed by atoms with Crippen molar-refractivity contribution in [1.29, 1.82) is 0 Å². The van der Waals surface area contributed by atoms with E-state index in [1.54, 1.807) is 23.1 Å². The molecule has 0 aliphatic rings. The molecule has 0 unspecified atom stereocenters. The van der Waals surface area contributed by atoms with Crippen molar-refractivity contribution in [2.45, 2.75) is 4.90 Å². The minimum absolute atomic E-state index is 0.869. The molecule has 2 aromatic rings. The number of hydrogen-bond donors (Lipinski definition) is 1. The molecule has 1 heterocycles. The van der Waals surface area contributed by atoms with Crippen LogP contribution in [0, 0.1) is 0 Å². The van der Waals surface area contributed by atoms with Gasteiger partial charge in [-0.25, -0.2) is 0 Å². The first-order chi connectivity index (χ1) is 6.24. The van der Waals surface area contributed by atoms with Crippen molar-refractivity contribution in [2.75, 3.05) is 12.0 Å². The van der Waals surface area contributed by atoms with Gasteiger partial charge in [0.15, 0.2) is 0 Å². The van der Waals surface area contributed by atoms with Gasteiger partial charge < -0.3 is 5.73 Å². The van der Waals surface area contributed by atoms with E-state index in [2.05, 4.69) is 34.3 Å². The molecule has 0 saturated heterocycles. The average molecular weight is 274 g/mol. The Balaban J connectivity index is 2.80. The van der Waals surface area contributed by atoms with E-state index in [4.69, 9.17) is 5.73 Å². The lowest BCUT2D eigenvalue weighted by Gasteiger charge is -2.01. The van der Waals surface area contributed by atoms with Crippen molar-refractivity contribution in [3.05, 3.63) is 22.0 Å². The molecule has 0 atom stereocenters. The number of halogens is 1. The number of anilines is 1. The van der Waals surface area contributed by atoms with Crippen LogP contribution in [0.1, 0.15) is 0 Å². The van der Waals surface area contributed by atoms with E-state index in [0.717, 1.165) is 11.1 Å².